The molecule has 0 atom stereocenters. The Morgan fingerprint density at radius 3 is 3.00 bits per heavy atom. The van der Waals surface area contributed by atoms with E-state index in [-0.39, 0.29) is 0 Å². The minimum Gasteiger partial charge on any atom is -0.309 e. The van der Waals surface area contributed by atoms with Gasteiger partial charge in [0.1, 0.15) is 0 Å². The van der Waals surface area contributed by atoms with E-state index >= 15 is 0 Å². The lowest BCUT2D eigenvalue weighted by Gasteiger charge is -1.99. The van der Waals surface area contributed by atoms with E-state index in [2.05, 4.69) is 23.0 Å². The molecule has 66 valence electrons. The minimum absolute atomic E-state index is 0.832. The van der Waals surface area contributed by atoms with Gasteiger partial charge in [0.05, 0.1) is 0 Å². The molecule has 1 rings (SSSR count). The maximum Gasteiger partial charge on any atom is 0.0219 e. The molecule has 0 aliphatic carbocycles. The fourth-order valence-electron chi connectivity index (χ4n) is 0.903. The van der Waals surface area contributed by atoms with E-state index in [1.807, 2.05) is 6.08 Å². The molecule has 1 nitrogen and oxygen atoms in total. The van der Waals surface area contributed by atoms with Crippen LogP contribution in [0.1, 0.15) is 11.1 Å². The fourth-order valence-corrected chi connectivity index (χ4v) is 1.85. The zero-order valence-corrected chi connectivity index (χ0v) is 8.58. The number of aryl methyl sites for hydroxylation is 1. The average Bonchev–Trinajstić information content (AvgIpc) is 2.46. The van der Waals surface area contributed by atoms with Gasteiger partial charge in [-0.15, -0.1) is 0 Å². The summed E-state index contributed by atoms with van der Waals surface area (Å²) in [5.74, 6) is 0. The monoisotopic (exact) mass is 201 g/mol. The Morgan fingerprint density at radius 2 is 2.42 bits per heavy atom. The van der Waals surface area contributed by atoms with E-state index in [1.165, 1.54) is 16.7 Å². The molecule has 1 N–H and O–H groups in total. The van der Waals surface area contributed by atoms with Crippen LogP contribution < -0.4 is 5.32 Å². The Balaban J connectivity index is 2.28. The number of hydrogen-bond donors (Lipinski definition) is 1. The Morgan fingerprint density at radius 1 is 1.58 bits per heavy atom. The summed E-state index contributed by atoms with van der Waals surface area (Å²) in [5.41, 5.74) is 4.28. The first-order chi connectivity index (χ1) is 5.84. The summed E-state index contributed by atoms with van der Waals surface area (Å²) in [6, 6.07) is 0. The van der Waals surface area contributed by atoms with Gasteiger partial charge in [0, 0.05) is 18.6 Å². The summed E-state index contributed by atoms with van der Waals surface area (Å²) < 4.78 is 0. The molecule has 12 heavy (non-hydrogen) atoms. The van der Waals surface area contributed by atoms with Gasteiger partial charge in [0.25, 0.3) is 0 Å². The molecule has 3 heteroatoms. The number of nitrogens with one attached hydrogen (secondary N) is 1. The van der Waals surface area contributed by atoms with Crippen molar-refractivity contribution in [3.8, 4) is 0 Å². The van der Waals surface area contributed by atoms with Gasteiger partial charge in [-0.05, 0) is 28.8 Å². The summed E-state index contributed by atoms with van der Waals surface area (Å²) >= 11 is 7.12. The van der Waals surface area contributed by atoms with E-state index in [1.54, 1.807) is 11.3 Å². The van der Waals surface area contributed by atoms with Crippen molar-refractivity contribution in [2.24, 2.45) is 0 Å². The van der Waals surface area contributed by atoms with Crippen LogP contribution in [0.25, 0.3) is 0 Å². The molecule has 0 saturated heterocycles. The second kappa shape index (κ2) is 5.36. The van der Waals surface area contributed by atoms with Crippen molar-refractivity contribution in [1.82, 2.24) is 5.32 Å². The van der Waals surface area contributed by atoms with Crippen LogP contribution in [0.5, 0.6) is 0 Å². The van der Waals surface area contributed by atoms with E-state index in [0.29, 0.717) is 0 Å². The van der Waals surface area contributed by atoms with Crippen molar-refractivity contribution in [1.29, 1.82) is 0 Å². The number of thiophene rings is 1. The van der Waals surface area contributed by atoms with Crippen LogP contribution in [0.15, 0.2) is 22.4 Å². The highest BCUT2D eigenvalue weighted by molar-refractivity contribution is 7.08. The highest BCUT2D eigenvalue weighted by Gasteiger charge is 1.96. The molecule has 0 radical (unpaired) electrons. The number of halogens is 1. The third kappa shape index (κ3) is 2.97. The highest BCUT2D eigenvalue weighted by Crippen LogP contribution is 2.12. The molecular formula is C9H12ClNS. The van der Waals surface area contributed by atoms with Gasteiger partial charge in [-0.1, -0.05) is 17.7 Å². The van der Waals surface area contributed by atoms with Crippen LogP contribution in [0, 0.1) is 6.92 Å². The van der Waals surface area contributed by atoms with Crippen LogP contribution >= 0.6 is 22.9 Å². The zero-order valence-electron chi connectivity index (χ0n) is 7.01. The van der Waals surface area contributed by atoms with Gasteiger partial charge in [-0.25, -0.2) is 0 Å². The lowest BCUT2D eigenvalue weighted by atomic mass is 10.2. The van der Waals surface area contributed by atoms with Crippen molar-refractivity contribution < 1.29 is 0 Å². The van der Waals surface area contributed by atoms with Crippen LogP contribution in [-0.4, -0.2) is 6.54 Å². The molecule has 0 unspecified atom stereocenters. The summed E-state index contributed by atoms with van der Waals surface area (Å²) in [6.45, 7) is 3.89. The molecule has 1 aromatic rings. The predicted octanol–water partition coefficient (Wildman–Crippen LogP) is 2.90. The molecule has 1 heterocycles. The molecule has 0 amide bonds. The van der Waals surface area contributed by atoms with Gasteiger partial charge < -0.3 is 5.32 Å². The van der Waals surface area contributed by atoms with E-state index in [0.717, 1.165) is 13.1 Å². The first-order valence-corrected chi connectivity index (χ1v) is 5.20. The SMILES string of the molecule is Cc1cscc1CNC/C=C/Cl. The van der Waals surface area contributed by atoms with Gasteiger partial charge >= 0.3 is 0 Å². The molecule has 0 saturated carbocycles. The lowest BCUT2D eigenvalue weighted by Crippen LogP contribution is -2.12. The number of rotatable bonds is 4. The van der Waals surface area contributed by atoms with Crippen LogP contribution in [-0.2, 0) is 6.54 Å². The normalized spacial score (nSPS) is 11.2. The molecule has 0 aromatic carbocycles. The highest BCUT2D eigenvalue weighted by atomic mass is 35.5. The molecular weight excluding hydrogens is 190 g/mol. The van der Waals surface area contributed by atoms with E-state index in [4.69, 9.17) is 11.6 Å². The van der Waals surface area contributed by atoms with Crippen LogP contribution in [0.4, 0.5) is 0 Å². The summed E-state index contributed by atoms with van der Waals surface area (Å²) in [6.07, 6.45) is 1.89. The van der Waals surface area contributed by atoms with Gasteiger partial charge in [-0.2, -0.15) is 11.3 Å². The predicted molar refractivity (Wildman–Crippen MR) is 55.8 cm³/mol. The van der Waals surface area contributed by atoms with Crippen molar-refractivity contribution in [3.63, 3.8) is 0 Å². The Bertz CT molecular complexity index is 255. The third-order valence-electron chi connectivity index (χ3n) is 1.63. The first kappa shape index (κ1) is 9.78. The Hall–Kier alpha value is -0.310. The Labute approximate surface area is 82.1 Å². The minimum atomic E-state index is 0.832. The Kier molecular flexibility index (Phi) is 4.36. The second-order valence-electron chi connectivity index (χ2n) is 2.57. The molecule has 0 aliphatic heterocycles. The quantitative estimate of drug-likeness (QED) is 0.739. The van der Waals surface area contributed by atoms with Gasteiger partial charge in [0.2, 0.25) is 0 Å². The number of hydrogen-bond acceptors (Lipinski definition) is 2. The standard InChI is InChI=1S/C9H12ClNS/c1-8-6-12-7-9(8)5-11-4-2-3-10/h2-3,6-7,11H,4-5H2,1H3/b3-2+. The second-order valence-corrected chi connectivity index (χ2v) is 3.57. The zero-order chi connectivity index (χ0) is 8.81. The van der Waals surface area contributed by atoms with Crippen molar-refractivity contribution in [2.75, 3.05) is 6.54 Å². The maximum absolute atomic E-state index is 5.37. The maximum atomic E-state index is 5.37. The molecule has 0 bridgehead atoms. The van der Waals surface area contributed by atoms with Gasteiger partial charge in [-0.3, -0.25) is 0 Å². The van der Waals surface area contributed by atoms with Crippen molar-refractivity contribution in [3.05, 3.63) is 33.5 Å². The molecule has 0 spiro atoms. The molecule has 1 aromatic heterocycles. The topological polar surface area (TPSA) is 12.0 Å². The van der Waals surface area contributed by atoms with E-state index < -0.39 is 0 Å². The summed E-state index contributed by atoms with van der Waals surface area (Å²) in [5, 5.41) is 7.60. The van der Waals surface area contributed by atoms with Crippen LogP contribution in [0.2, 0.25) is 0 Å². The summed E-state index contributed by atoms with van der Waals surface area (Å²) in [7, 11) is 0. The molecule has 0 aliphatic rings. The van der Waals surface area contributed by atoms with Gasteiger partial charge in [0.15, 0.2) is 0 Å². The fraction of sp³-hybridized carbons (Fsp3) is 0.333. The summed E-state index contributed by atoms with van der Waals surface area (Å²) in [4.78, 5) is 0. The van der Waals surface area contributed by atoms with Crippen molar-refractivity contribution >= 4 is 22.9 Å². The third-order valence-corrected chi connectivity index (χ3v) is 2.72. The largest absolute Gasteiger partial charge is 0.309 e. The molecule has 0 fully saturated rings. The van der Waals surface area contributed by atoms with Crippen LogP contribution in [0.3, 0.4) is 0 Å². The van der Waals surface area contributed by atoms with Crippen molar-refractivity contribution in [2.45, 2.75) is 13.5 Å². The first-order valence-electron chi connectivity index (χ1n) is 3.82. The lowest BCUT2D eigenvalue weighted by molar-refractivity contribution is 0.759. The smallest absolute Gasteiger partial charge is 0.0219 e. The average molecular weight is 202 g/mol. The van der Waals surface area contributed by atoms with E-state index in [9.17, 15) is 0 Å².